The molecule has 3 heteroatoms. The number of hydrogen-bond donors (Lipinski definition) is 0. The predicted octanol–water partition coefficient (Wildman–Crippen LogP) is 2.22. The summed E-state index contributed by atoms with van der Waals surface area (Å²) in [6, 6.07) is 0. The van der Waals surface area contributed by atoms with E-state index in [1.807, 2.05) is 0 Å². The average Bonchev–Trinajstić information content (AvgIpc) is 2.85. The summed E-state index contributed by atoms with van der Waals surface area (Å²) < 4.78 is 5.20. The predicted molar refractivity (Wildman–Crippen MR) is 73.5 cm³/mol. The third-order valence-corrected chi connectivity index (χ3v) is 3.38. The quantitative estimate of drug-likeness (QED) is 0.752. The fraction of sp³-hybridized carbons (Fsp3) is 1.00. The molecule has 2 aliphatic rings. The van der Waals surface area contributed by atoms with Gasteiger partial charge in [0.1, 0.15) is 0 Å². The molecule has 0 N–H and O–H groups in total. The summed E-state index contributed by atoms with van der Waals surface area (Å²) in [5, 5.41) is 0. The summed E-state index contributed by atoms with van der Waals surface area (Å²) in [6.45, 7) is 13.9. The number of hydrogen-bond acceptors (Lipinski definition) is 3. The van der Waals surface area contributed by atoms with Gasteiger partial charge in [0.2, 0.25) is 0 Å². The first kappa shape index (κ1) is 14.9. The molecule has 2 saturated heterocycles. The molecule has 2 heterocycles. The van der Waals surface area contributed by atoms with Crippen molar-refractivity contribution in [1.29, 1.82) is 0 Å². The van der Waals surface area contributed by atoms with Crippen LogP contribution >= 0.6 is 0 Å². The van der Waals surface area contributed by atoms with Crippen LogP contribution in [0.15, 0.2) is 0 Å². The van der Waals surface area contributed by atoms with Crippen LogP contribution in [0.2, 0.25) is 0 Å². The molecular weight excluding hydrogens is 212 g/mol. The van der Waals surface area contributed by atoms with Crippen LogP contribution in [0, 0.1) is 0 Å². The minimum atomic E-state index is 0.931. The highest BCUT2D eigenvalue weighted by Crippen LogP contribution is 2.06. The Balaban J connectivity index is 0.000000171. The number of rotatable bonds is 4. The van der Waals surface area contributed by atoms with Crippen molar-refractivity contribution in [2.45, 2.75) is 39.5 Å². The van der Waals surface area contributed by atoms with Crippen molar-refractivity contribution in [2.24, 2.45) is 0 Å². The van der Waals surface area contributed by atoms with Crippen LogP contribution in [0.5, 0.6) is 0 Å². The fourth-order valence-corrected chi connectivity index (χ4v) is 2.46. The first-order valence-corrected chi connectivity index (χ1v) is 7.39. The molecule has 0 unspecified atom stereocenters. The average molecular weight is 242 g/mol. The van der Waals surface area contributed by atoms with Gasteiger partial charge in [-0.3, -0.25) is 4.90 Å². The lowest BCUT2D eigenvalue weighted by molar-refractivity contribution is 0.0380. The largest absolute Gasteiger partial charge is 0.379 e. The Labute approximate surface area is 107 Å². The smallest absolute Gasteiger partial charge is 0.0594 e. The van der Waals surface area contributed by atoms with Gasteiger partial charge in [0.05, 0.1) is 13.2 Å². The maximum atomic E-state index is 5.20. The topological polar surface area (TPSA) is 15.7 Å². The maximum Gasteiger partial charge on any atom is 0.0594 e. The first-order chi connectivity index (χ1) is 8.36. The van der Waals surface area contributed by atoms with Crippen molar-refractivity contribution in [3.05, 3.63) is 0 Å². The van der Waals surface area contributed by atoms with Crippen LogP contribution < -0.4 is 0 Å². The van der Waals surface area contributed by atoms with Crippen LogP contribution in [0.1, 0.15) is 39.5 Å². The van der Waals surface area contributed by atoms with E-state index in [1.165, 1.54) is 51.9 Å². The van der Waals surface area contributed by atoms with Gasteiger partial charge in [-0.15, -0.1) is 0 Å². The third kappa shape index (κ3) is 7.02. The number of morpholine rings is 1. The molecule has 0 atom stereocenters. The zero-order chi connectivity index (χ0) is 12.3. The Morgan fingerprint density at radius 3 is 1.71 bits per heavy atom. The molecular formula is C14H30N2O. The molecule has 0 aromatic rings. The Bertz CT molecular complexity index is 161. The minimum Gasteiger partial charge on any atom is -0.379 e. The summed E-state index contributed by atoms with van der Waals surface area (Å²) in [6.07, 6.45) is 5.44. The molecule has 17 heavy (non-hydrogen) atoms. The van der Waals surface area contributed by atoms with Crippen LogP contribution in [0.3, 0.4) is 0 Å². The summed E-state index contributed by atoms with van der Waals surface area (Å²) in [7, 11) is 0. The van der Waals surface area contributed by atoms with Gasteiger partial charge in [-0.2, -0.15) is 0 Å². The van der Waals surface area contributed by atoms with E-state index in [-0.39, 0.29) is 0 Å². The normalized spacial score (nSPS) is 22.2. The molecule has 0 spiro atoms. The van der Waals surface area contributed by atoms with Gasteiger partial charge in [-0.05, 0) is 51.9 Å². The van der Waals surface area contributed by atoms with Crippen LogP contribution in [0.25, 0.3) is 0 Å². The summed E-state index contributed by atoms with van der Waals surface area (Å²) in [5.41, 5.74) is 0. The molecule has 0 aliphatic carbocycles. The van der Waals surface area contributed by atoms with Gasteiger partial charge < -0.3 is 9.64 Å². The van der Waals surface area contributed by atoms with Crippen molar-refractivity contribution < 1.29 is 4.74 Å². The summed E-state index contributed by atoms with van der Waals surface area (Å²) >= 11 is 0. The summed E-state index contributed by atoms with van der Waals surface area (Å²) in [5.74, 6) is 0. The lowest BCUT2D eigenvalue weighted by atomic mass is 10.4. The van der Waals surface area contributed by atoms with Gasteiger partial charge in [0.25, 0.3) is 0 Å². The SMILES string of the molecule is CCCN1CCCC1.CCCN1CCOCC1. The Morgan fingerprint density at radius 2 is 1.24 bits per heavy atom. The monoisotopic (exact) mass is 242 g/mol. The number of nitrogens with zero attached hydrogens (tertiary/aromatic N) is 2. The molecule has 2 fully saturated rings. The second kappa shape index (κ2) is 9.86. The van der Waals surface area contributed by atoms with E-state index in [0.717, 1.165) is 26.3 Å². The Kier molecular flexibility index (Phi) is 8.67. The zero-order valence-electron chi connectivity index (χ0n) is 11.8. The second-order valence-corrected chi connectivity index (χ2v) is 5.00. The van der Waals surface area contributed by atoms with E-state index in [1.54, 1.807) is 0 Å². The van der Waals surface area contributed by atoms with Gasteiger partial charge in [-0.1, -0.05) is 13.8 Å². The molecule has 0 aromatic heterocycles. The molecule has 2 rings (SSSR count). The molecule has 0 amide bonds. The first-order valence-electron chi connectivity index (χ1n) is 7.39. The highest BCUT2D eigenvalue weighted by Gasteiger charge is 2.08. The van der Waals surface area contributed by atoms with Crippen molar-refractivity contribution in [1.82, 2.24) is 9.80 Å². The van der Waals surface area contributed by atoms with Gasteiger partial charge >= 0.3 is 0 Å². The van der Waals surface area contributed by atoms with E-state index >= 15 is 0 Å². The maximum absolute atomic E-state index is 5.20. The van der Waals surface area contributed by atoms with E-state index in [2.05, 4.69) is 23.6 Å². The molecule has 102 valence electrons. The molecule has 0 saturated carbocycles. The minimum absolute atomic E-state index is 0.931. The van der Waals surface area contributed by atoms with E-state index in [4.69, 9.17) is 4.74 Å². The number of likely N-dealkylation sites (tertiary alicyclic amines) is 1. The molecule has 3 nitrogen and oxygen atoms in total. The van der Waals surface area contributed by atoms with Crippen molar-refractivity contribution in [3.8, 4) is 0 Å². The van der Waals surface area contributed by atoms with Gasteiger partial charge in [-0.25, -0.2) is 0 Å². The molecule has 0 bridgehead atoms. The second-order valence-electron chi connectivity index (χ2n) is 5.00. The highest BCUT2D eigenvalue weighted by molar-refractivity contribution is 4.64. The molecule has 0 aromatic carbocycles. The van der Waals surface area contributed by atoms with E-state index < -0.39 is 0 Å². The Hall–Kier alpha value is -0.120. The van der Waals surface area contributed by atoms with Crippen LogP contribution in [-0.4, -0.2) is 62.3 Å². The van der Waals surface area contributed by atoms with Gasteiger partial charge in [0, 0.05) is 13.1 Å². The number of ether oxygens (including phenoxy) is 1. The third-order valence-electron chi connectivity index (χ3n) is 3.38. The van der Waals surface area contributed by atoms with E-state index in [9.17, 15) is 0 Å². The standard InChI is InChI=1S/C7H15NO.C7H15N/c1-2-3-8-4-6-9-7-5-8;1-2-5-8-6-3-4-7-8/h2-7H2,1H3;2-7H2,1H3. The van der Waals surface area contributed by atoms with E-state index in [0.29, 0.717) is 0 Å². The van der Waals surface area contributed by atoms with Crippen molar-refractivity contribution in [3.63, 3.8) is 0 Å². The summed E-state index contributed by atoms with van der Waals surface area (Å²) in [4.78, 5) is 4.99. The van der Waals surface area contributed by atoms with Crippen molar-refractivity contribution in [2.75, 3.05) is 52.5 Å². The van der Waals surface area contributed by atoms with Crippen LogP contribution in [-0.2, 0) is 4.74 Å². The lowest BCUT2D eigenvalue weighted by Crippen LogP contribution is -2.36. The Morgan fingerprint density at radius 1 is 0.765 bits per heavy atom. The lowest BCUT2D eigenvalue weighted by Gasteiger charge is -2.25. The molecule has 0 radical (unpaired) electrons. The van der Waals surface area contributed by atoms with Gasteiger partial charge in [0.15, 0.2) is 0 Å². The highest BCUT2D eigenvalue weighted by atomic mass is 16.5. The molecule has 2 aliphatic heterocycles. The van der Waals surface area contributed by atoms with Crippen LogP contribution in [0.4, 0.5) is 0 Å². The zero-order valence-corrected chi connectivity index (χ0v) is 11.8. The fourth-order valence-electron chi connectivity index (χ4n) is 2.46. The van der Waals surface area contributed by atoms with Crippen molar-refractivity contribution >= 4 is 0 Å².